The van der Waals surface area contributed by atoms with E-state index in [0.29, 0.717) is 12.4 Å². The van der Waals surface area contributed by atoms with Gasteiger partial charge in [-0.2, -0.15) is 0 Å². The molecule has 0 aliphatic rings. The first-order valence-corrected chi connectivity index (χ1v) is 7.84. The topological polar surface area (TPSA) is 65.0 Å². The van der Waals surface area contributed by atoms with Crippen molar-refractivity contribution in [2.75, 3.05) is 19.8 Å². The van der Waals surface area contributed by atoms with E-state index >= 15 is 0 Å². The summed E-state index contributed by atoms with van der Waals surface area (Å²) in [6.45, 7) is 2.63. The van der Waals surface area contributed by atoms with Crippen LogP contribution in [0.25, 0.3) is 10.8 Å². The minimum absolute atomic E-state index is 0.00633. The van der Waals surface area contributed by atoms with Gasteiger partial charge in [-0.05, 0) is 18.4 Å². The van der Waals surface area contributed by atoms with Gasteiger partial charge in [-0.1, -0.05) is 36.4 Å². The van der Waals surface area contributed by atoms with Gasteiger partial charge >= 0.3 is 7.82 Å². The Morgan fingerprint density at radius 1 is 1.10 bits per heavy atom. The second-order valence-electron chi connectivity index (χ2n) is 4.07. The van der Waals surface area contributed by atoms with E-state index in [2.05, 4.69) is 0 Å². The second kappa shape index (κ2) is 6.86. The zero-order valence-electron chi connectivity index (χ0n) is 11.2. The number of benzene rings is 2. The molecule has 0 saturated carbocycles. The summed E-state index contributed by atoms with van der Waals surface area (Å²) in [4.78, 5) is 9.68. The highest BCUT2D eigenvalue weighted by molar-refractivity contribution is 7.47. The largest absolute Gasteiger partial charge is 0.527 e. The molecule has 0 spiro atoms. The predicted octanol–water partition coefficient (Wildman–Crippen LogP) is 3.37. The molecule has 0 aliphatic heterocycles. The predicted molar refractivity (Wildman–Crippen MR) is 76.8 cm³/mol. The fraction of sp³-hybridized carbons (Fsp3) is 0.286. The third-order valence-corrected chi connectivity index (χ3v) is 3.59. The maximum atomic E-state index is 11.8. The summed E-state index contributed by atoms with van der Waals surface area (Å²) in [7, 11) is -4.14. The molecule has 2 rings (SSSR count). The SMILES string of the molecule is CCOCCOP(=O)(O)Oc1cccc2ccccc12. The summed E-state index contributed by atoms with van der Waals surface area (Å²) in [6, 6.07) is 12.8. The first-order valence-electron chi connectivity index (χ1n) is 6.35. The summed E-state index contributed by atoms with van der Waals surface area (Å²) in [5.41, 5.74) is 0. The van der Waals surface area contributed by atoms with Crippen LogP contribution in [0.15, 0.2) is 42.5 Å². The number of phosphoric ester groups is 1. The highest BCUT2D eigenvalue weighted by Crippen LogP contribution is 2.45. The van der Waals surface area contributed by atoms with Gasteiger partial charge in [-0.3, -0.25) is 9.42 Å². The molecule has 0 fully saturated rings. The van der Waals surface area contributed by atoms with Gasteiger partial charge in [0.2, 0.25) is 0 Å². The number of rotatable bonds is 7. The molecular formula is C14H17O5P. The fourth-order valence-electron chi connectivity index (χ4n) is 1.78. The minimum Gasteiger partial charge on any atom is -0.403 e. The van der Waals surface area contributed by atoms with E-state index in [1.807, 2.05) is 37.3 Å². The van der Waals surface area contributed by atoms with Gasteiger partial charge in [0.05, 0.1) is 13.2 Å². The number of fused-ring (bicyclic) bond motifs is 1. The number of hydrogen-bond donors (Lipinski definition) is 1. The van der Waals surface area contributed by atoms with E-state index < -0.39 is 7.82 Å². The molecule has 0 heterocycles. The van der Waals surface area contributed by atoms with Crippen LogP contribution in [0.1, 0.15) is 6.92 Å². The third-order valence-electron chi connectivity index (χ3n) is 2.65. The van der Waals surface area contributed by atoms with E-state index in [4.69, 9.17) is 13.8 Å². The van der Waals surface area contributed by atoms with Crippen molar-refractivity contribution in [2.45, 2.75) is 6.92 Å². The lowest BCUT2D eigenvalue weighted by Gasteiger charge is -2.14. The van der Waals surface area contributed by atoms with Crippen molar-refractivity contribution in [3.8, 4) is 5.75 Å². The summed E-state index contributed by atoms with van der Waals surface area (Å²) in [6.07, 6.45) is 0. The number of phosphoric acid groups is 1. The Morgan fingerprint density at radius 3 is 2.65 bits per heavy atom. The maximum Gasteiger partial charge on any atom is 0.527 e. The lowest BCUT2D eigenvalue weighted by Crippen LogP contribution is -2.05. The van der Waals surface area contributed by atoms with Crippen molar-refractivity contribution < 1.29 is 23.2 Å². The van der Waals surface area contributed by atoms with Crippen LogP contribution in [-0.2, 0) is 13.8 Å². The van der Waals surface area contributed by atoms with Crippen LogP contribution in [-0.4, -0.2) is 24.7 Å². The van der Waals surface area contributed by atoms with Gasteiger partial charge in [-0.15, -0.1) is 0 Å². The molecule has 5 nitrogen and oxygen atoms in total. The zero-order valence-corrected chi connectivity index (χ0v) is 12.1. The molecule has 2 aromatic carbocycles. The Balaban J connectivity index is 2.09. The third kappa shape index (κ3) is 4.05. The van der Waals surface area contributed by atoms with Gasteiger partial charge < -0.3 is 9.26 Å². The van der Waals surface area contributed by atoms with E-state index in [0.717, 1.165) is 10.8 Å². The monoisotopic (exact) mass is 296 g/mol. The van der Waals surface area contributed by atoms with Gasteiger partial charge in [0.25, 0.3) is 0 Å². The van der Waals surface area contributed by atoms with E-state index in [-0.39, 0.29) is 13.2 Å². The molecule has 20 heavy (non-hydrogen) atoms. The molecule has 0 radical (unpaired) electrons. The molecule has 0 saturated heterocycles. The fourth-order valence-corrected chi connectivity index (χ4v) is 2.55. The lowest BCUT2D eigenvalue weighted by molar-refractivity contribution is 0.0949. The molecule has 0 aliphatic carbocycles. The van der Waals surface area contributed by atoms with E-state index in [1.54, 1.807) is 12.1 Å². The summed E-state index contributed by atoms with van der Waals surface area (Å²) in [5, 5.41) is 1.69. The van der Waals surface area contributed by atoms with E-state index in [1.165, 1.54) is 0 Å². The maximum absolute atomic E-state index is 11.8. The summed E-state index contributed by atoms with van der Waals surface area (Å²) < 4.78 is 26.9. The van der Waals surface area contributed by atoms with Crippen molar-refractivity contribution >= 4 is 18.6 Å². The Hall–Kier alpha value is -1.39. The van der Waals surface area contributed by atoms with Crippen molar-refractivity contribution in [2.24, 2.45) is 0 Å². The molecule has 1 atom stereocenters. The molecule has 2 aromatic rings. The quantitative estimate of drug-likeness (QED) is 0.627. The van der Waals surface area contributed by atoms with Crippen LogP contribution in [0.5, 0.6) is 5.75 Å². The zero-order chi connectivity index (χ0) is 14.4. The van der Waals surface area contributed by atoms with Gasteiger partial charge in [0.1, 0.15) is 5.75 Å². The highest BCUT2D eigenvalue weighted by Gasteiger charge is 2.23. The second-order valence-corrected chi connectivity index (χ2v) is 5.45. The Morgan fingerprint density at radius 2 is 1.85 bits per heavy atom. The number of ether oxygens (including phenoxy) is 1. The molecule has 1 unspecified atom stereocenters. The summed E-state index contributed by atoms with van der Waals surface area (Å²) >= 11 is 0. The van der Waals surface area contributed by atoms with Crippen LogP contribution < -0.4 is 4.52 Å². The average molecular weight is 296 g/mol. The molecule has 1 N–H and O–H groups in total. The molecule has 0 bridgehead atoms. The Kier molecular flexibility index (Phi) is 5.15. The van der Waals surface area contributed by atoms with Crippen LogP contribution in [0.2, 0.25) is 0 Å². The standard InChI is InChI=1S/C14H17O5P/c1-2-17-10-11-18-20(15,16)19-14-9-5-7-12-6-3-4-8-13(12)14/h3-9H,2,10-11H2,1H3,(H,15,16). The Labute approximate surface area is 117 Å². The first-order chi connectivity index (χ1) is 9.62. The normalized spacial score (nSPS) is 14.1. The average Bonchev–Trinajstić information content (AvgIpc) is 2.44. The van der Waals surface area contributed by atoms with Crippen LogP contribution in [0, 0.1) is 0 Å². The van der Waals surface area contributed by atoms with Gasteiger partial charge in [-0.25, -0.2) is 4.57 Å². The molecule has 0 aromatic heterocycles. The molecular weight excluding hydrogens is 279 g/mol. The highest BCUT2D eigenvalue weighted by atomic mass is 31.2. The van der Waals surface area contributed by atoms with Crippen molar-refractivity contribution in [1.82, 2.24) is 0 Å². The smallest absolute Gasteiger partial charge is 0.403 e. The lowest BCUT2D eigenvalue weighted by atomic mass is 10.1. The van der Waals surface area contributed by atoms with Gasteiger partial charge in [0, 0.05) is 12.0 Å². The number of hydrogen-bond acceptors (Lipinski definition) is 4. The molecule has 6 heteroatoms. The van der Waals surface area contributed by atoms with Gasteiger partial charge in [0.15, 0.2) is 0 Å². The van der Waals surface area contributed by atoms with Crippen molar-refractivity contribution in [3.63, 3.8) is 0 Å². The minimum atomic E-state index is -4.14. The summed E-state index contributed by atoms with van der Waals surface area (Å²) in [5.74, 6) is 0.324. The van der Waals surface area contributed by atoms with Crippen molar-refractivity contribution in [1.29, 1.82) is 0 Å². The van der Waals surface area contributed by atoms with Crippen LogP contribution >= 0.6 is 7.82 Å². The van der Waals surface area contributed by atoms with Crippen LogP contribution in [0.4, 0.5) is 0 Å². The Bertz CT molecular complexity index is 608. The van der Waals surface area contributed by atoms with E-state index in [9.17, 15) is 9.46 Å². The molecule has 0 amide bonds. The van der Waals surface area contributed by atoms with Crippen molar-refractivity contribution in [3.05, 3.63) is 42.5 Å². The molecule has 108 valence electrons. The van der Waals surface area contributed by atoms with Crippen LogP contribution in [0.3, 0.4) is 0 Å². The first kappa shape index (κ1) is 15.0.